The fourth-order valence-electron chi connectivity index (χ4n) is 2.63. The van der Waals surface area contributed by atoms with Gasteiger partial charge in [0, 0.05) is 19.8 Å². The third-order valence-corrected chi connectivity index (χ3v) is 5.27. The fourth-order valence-corrected chi connectivity index (χ4v) is 3.92. The molecular weight excluding hydrogens is 364 g/mol. The van der Waals surface area contributed by atoms with Crippen LogP contribution in [0.25, 0.3) is 6.08 Å². The van der Waals surface area contributed by atoms with E-state index in [0.717, 1.165) is 16.8 Å². The summed E-state index contributed by atoms with van der Waals surface area (Å²) in [6.45, 7) is 0. The molecule has 2 aromatic carbocycles. The van der Waals surface area contributed by atoms with E-state index in [1.807, 2.05) is 79.7 Å². The maximum absolute atomic E-state index is 12.9. The molecule has 0 bridgehead atoms. The molecule has 1 fully saturated rings. The van der Waals surface area contributed by atoms with Crippen LogP contribution in [0.1, 0.15) is 16.5 Å². The molecule has 134 valence electrons. The number of hydrogen-bond acceptors (Lipinski definition) is 4. The molecule has 1 heterocycles. The minimum Gasteiger partial charge on any atom is -0.378 e. The molecule has 1 aliphatic heterocycles. The van der Waals surface area contributed by atoms with E-state index in [1.54, 1.807) is 0 Å². The molecule has 0 radical (unpaired) electrons. The van der Waals surface area contributed by atoms with E-state index in [-0.39, 0.29) is 16.4 Å². The lowest BCUT2D eigenvalue weighted by Crippen LogP contribution is -2.46. The van der Waals surface area contributed by atoms with Crippen LogP contribution < -0.4 is 16.1 Å². The average molecular weight is 385 g/mol. The van der Waals surface area contributed by atoms with Crippen molar-refractivity contribution in [1.82, 2.24) is 10.4 Å². The fraction of sp³-hybridized carbons (Fsp3) is 0.158. The number of amides is 1. The minimum atomic E-state index is -0.225. The van der Waals surface area contributed by atoms with Crippen LogP contribution in [0.4, 0.5) is 5.69 Å². The van der Waals surface area contributed by atoms with Gasteiger partial charge in [-0.25, -0.2) is 5.01 Å². The molecule has 3 N–H and O–H groups in total. The van der Waals surface area contributed by atoms with Gasteiger partial charge in [-0.2, -0.15) is 0 Å². The normalized spacial score (nSPS) is 18.2. The molecule has 2 aromatic rings. The van der Waals surface area contributed by atoms with Crippen LogP contribution in [0.15, 0.2) is 59.5 Å². The number of nitrogens with one attached hydrogen (secondary N) is 1. The predicted octanol–water partition coefficient (Wildman–Crippen LogP) is 3.12. The Morgan fingerprint density at radius 1 is 1.19 bits per heavy atom. The highest BCUT2D eigenvalue weighted by molar-refractivity contribution is 8.04. The van der Waals surface area contributed by atoms with Gasteiger partial charge in [0.1, 0.15) is 5.37 Å². The smallest absolute Gasteiger partial charge is 0.280 e. The van der Waals surface area contributed by atoms with Crippen LogP contribution in [-0.4, -0.2) is 30.1 Å². The van der Waals surface area contributed by atoms with E-state index in [2.05, 4.69) is 5.43 Å². The summed E-state index contributed by atoms with van der Waals surface area (Å²) in [5.74, 6) is -0.145. The first kappa shape index (κ1) is 18.3. The quantitative estimate of drug-likeness (QED) is 0.624. The van der Waals surface area contributed by atoms with Gasteiger partial charge in [0.2, 0.25) is 0 Å². The molecule has 26 heavy (non-hydrogen) atoms. The first-order chi connectivity index (χ1) is 12.5. The number of thiocarbonyl (C=S) groups is 1. The van der Waals surface area contributed by atoms with E-state index in [4.69, 9.17) is 18.0 Å². The Kier molecular flexibility index (Phi) is 5.49. The number of hydrazine groups is 1. The summed E-state index contributed by atoms with van der Waals surface area (Å²) in [6.07, 6.45) is 1.89. The van der Waals surface area contributed by atoms with Crippen LogP contribution in [0, 0.1) is 0 Å². The summed E-state index contributed by atoms with van der Waals surface area (Å²) >= 11 is 6.41. The van der Waals surface area contributed by atoms with Gasteiger partial charge in [-0.1, -0.05) is 54.2 Å². The SMILES string of the molecule is CN(C)c1ccc(C=C2SC(c3ccccc3)N(NC(N)=S)C2=O)cc1. The Labute approximate surface area is 162 Å². The number of anilines is 1. The number of hydrogen-bond donors (Lipinski definition) is 2. The topological polar surface area (TPSA) is 61.6 Å². The van der Waals surface area contributed by atoms with Crippen LogP contribution >= 0.6 is 24.0 Å². The molecule has 0 aliphatic carbocycles. The number of carbonyl (C=O) groups is 1. The van der Waals surface area contributed by atoms with Gasteiger partial charge in [0.25, 0.3) is 5.91 Å². The van der Waals surface area contributed by atoms with Gasteiger partial charge in [-0.15, -0.1) is 0 Å². The summed E-state index contributed by atoms with van der Waals surface area (Å²) in [4.78, 5) is 15.5. The number of nitrogens with zero attached hydrogens (tertiary/aromatic N) is 2. The van der Waals surface area contributed by atoms with Gasteiger partial charge < -0.3 is 10.6 Å². The largest absolute Gasteiger partial charge is 0.378 e. The first-order valence-electron chi connectivity index (χ1n) is 8.06. The minimum absolute atomic E-state index is 0.0662. The van der Waals surface area contributed by atoms with Gasteiger partial charge >= 0.3 is 0 Å². The summed E-state index contributed by atoms with van der Waals surface area (Å²) in [7, 11) is 3.99. The van der Waals surface area contributed by atoms with Gasteiger partial charge in [0.15, 0.2) is 5.11 Å². The molecule has 0 spiro atoms. The van der Waals surface area contributed by atoms with Gasteiger partial charge in [-0.3, -0.25) is 10.2 Å². The molecule has 7 heteroatoms. The van der Waals surface area contributed by atoms with Crippen LogP contribution in [0.5, 0.6) is 0 Å². The summed E-state index contributed by atoms with van der Waals surface area (Å²) < 4.78 is 0. The number of carbonyl (C=O) groups excluding carboxylic acids is 1. The maximum Gasteiger partial charge on any atom is 0.280 e. The van der Waals surface area contributed by atoms with Gasteiger partial charge in [0.05, 0.1) is 4.91 Å². The lowest BCUT2D eigenvalue weighted by molar-refractivity contribution is -0.127. The van der Waals surface area contributed by atoms with Crippen molar-refractivity contribution >= 4 is 46.8 Å². The molecule has 0 saturated carbocycles. The highest BCUT2D eigenvalue weighted by Gasteiger charge is 2.37. The second kappa shape index (κ2) is 7.80. The van der Waals surface area contributed by atoms with Crippen molar-refractivity contribution in [3.63, 3.8) is 0 Å². The number of benzene rings is 2. The Morgan fingerprint density at radius 2 is 1.85 bits per heavy atom. The van der Waals surface area contributed by atoms with Crippen molar-refractivity contribution in [2.45, 2.75) is 5.37 Å². The summed E-state index contributed by atoms with van der Waals surface area (Å²) in [5.41, 5.74) is 11.5. The zero-order chi connectivity index (χ0) is 18.7. The van der Waals surface area contributed by atoms with Crippen molar-refractivity contribution in [2.75, 3.05) is 19.0 Å². The third-order valence-electron chi connectivity index (χ3n) is 3.93. The molecule has 1 saturated heterocycles. The number of nitrogens with two attached hydrogens (primary N) is 1. The average Bonchev–Trinajstić information content (AvgIpc) is 2.92. The summed E-state index contributed by atoms with van der Waals surface area (Å²) in [5, 5.41) is 1.33. The molecule has 0 aromatic heterocycles. The van der Waals surface area contributed by atoms with E-state index in [1.165, 1.54) is 16.8 Å². The summed E-state index contributed by atoms with van der Waals surface area (Å²) in [6, 6.07) is 17.8. The van der Waals surface area contributed by atoms with Crippen LogP contribution in [0.2, 0.25) is 0 Å². The van der Waals surface area contributed by atoms with Gasteiger partial charge in [-0.05, 0) is 41.6 Å². The molecule has 5 nitrogen and oxygen atoms in total. The van der Waals surface area contributed by atoms with Crippen LogP contribution in [-0.2, 0) is 4.79 Å². The van der Waals surface area contributed by atoms with E-state index in [9.17, 15) is 4.79 Å². The zero-order valence-corrected chi connectivity index (χ0v) is 16.2. The second-order valence-electron chi connectivity index (χ2n) is 6.03. The highest BCUT2D eigenvalue weighted by atomic mass is 32.2. The Hall–Kier alpha value is -2.51. The third kappa shape index (κ3) is 4.00. The Bertz CT molecular complexity index is 834. The standard InChI is InChI=1S/C19H20N4OS2/c1-22(2)15-10-8-13(9-11-15)12-16-17(24)23(21-19(20)25)18(26-16)14-6-4-3-5-7-14/h3-12,18H,1-2H3,(H3,20,21,25). The first-order valence-corrected chi connectivity index (χ1v) is 9.35. The molecule has 1 atom stereocenters. The molecule has 1 amide bonds. The zero-order valence-electron chi connectivity index (χ0n) is 14.5. The number of rotatable bonds is 4. The van der Waals surface area contributed by atoms with E-state index in [0.29, 0.717) is 4.91 Å². The Morgan fingerprint density at radius 3 is 2.42 bits per heavy atom. The van der Waals surface area contributed by atoms with Crippen molar-refractivity contribution < 1.29 is 4.79 Å². The van der Waals surface area contributed by atoms with Crippen molar-refractivity contribution in [1.29, 1.82) is 0 Å². The maximum atomic E-state index is 12.9. The van der Waals surface area contributed by atoms with E-state index >= 15 is 0 Å². The molecule has 3 rings (SSSR count). The van der Waals surface area contributed by atoms with Crippen molar-refractivity contribution in [2.24, 2.45) is 5.73 Å². The van der Waals surface area contributed by atoms with E-state index < -0.39 is 0 Å². The number of thioether (sulfide) groups is 1. The predicted molar refractivity (Wildman–Crippen MR) is 112 cm³/mol. The lowest BCUT2D eigenvalue weighted by atomic mass is 10.2. The molecular formula is C19H20N4OS2. The van der Waals surface area contributed by atoms with Crippen molar-refractivity contribution in [3.05, 3.63) is 70.6 Å². The van der Waals surface area contributed by atoms with Crippen LogP contribution in [0.3, 0.4) is 0 Å². The lowest BCUT2D eigenvalue weighted by Gasteiger charge is -2.23. The second-order valence-corrected chi connectivity index (χ2v) is 7.59. The monoisotopic (exact) mass is 384 g/mol. The molecule has 1 aliphatic rings. The van der Waals surface area contributed by atoms with Crippen molar-refractivity contribution in [3.8, 4) is 0 Å². The Balaban J connectivity index is 1.90. The molecule has 1 unspecified atom stereocenters. The highest BCUT2D eigenvalue weighted by Crippen LogP contribution is 2.45.